The van der Waals surface area contributed by atoms with Crippen molar-refractivity contribution in [2.75, 3.05) is 0 Å². The van der Waals surface area contributed by atoms with Crippen molar-refractivity contribution in [2.45, 2.75) is 32.5 Å². The lowest BCUT2D eigenvalue weighted by Crippen LogP contribution is -2.41. The Balaban J connectivity index is 2.65. The molecular formula is C18H19Cl2NO3. The monoisotopic (exact) mass is 367 g/mol. The fraction of sp³-hybridized carbons (Fsp3) is 0.333. The fourth-order valence-electron chi connectivity index (χ4n) is 2.66. The number of benzene rings is 1. The van der Waals surface area contributed by atoms with Crippen molar-refractivity contribution in [1.29, 1.82) is 0 Å². The number of rotatable bonds is 5. The molecule has 1 aromatic heterocycles. The van der Waals surface area contributed by atoms with Crippen LogP contribution in [0.15, 0.2) is 42.7 Å². The van der Waals surface area contributed by atoms with Gasteiger partial charge in [0, 0.05) is 40.5 Å². The first kappa shape index (κ1) is 18.7. The Hall–Kier alpha value is -1.62. The van der Waals surface area contributed by atoms with Crippen LogP contribution >= 0.6 is 23.2 Å². The average Bonchev–Trinajstić information content (AvgIpc) is 2.53. The van der Waals surface area contributed by atoms with E-state index in [0.717, 1.165) is 0 Å². The van der Waals surface area contributed by atoms with E-state index in [1.807, 2.05) is 13.8 Å². The summed E-state index contributed by atoms with van der Waals surface area (Å²) in [6.45, 7) is 4.97. The van der Waals surface area contributed by atoms with Gasteiger partial charge in [-0.3, -0.25) is 9.78 Å². The van der Waals surface area contributed by atoms with Gasteiger partial charge in [-0.1, -0.05) is 49.2 Å². The van der Waals surface area contributed by atoms with Crippen molar-refractivity contribution >= 4 is 29.2 Å². The average molecular weight is 368 g/mol. The SMILES string of the molecule is CC(=O)OC(c1ccc(Cl)cc1Cl)C(O)(c1cccnc1)C(C)C. The molecule has 0 amide bonds. The van der Waals surface area contributed by atoms with E-state index in [1.165, 1.54) is 6.92 Å². The van der Waals surface area contributed by atoms with Crippen molar-refractivity contribution in [2.24, 2.45) is 5.92 Å². The Morgan fingerprint density at radius 1 is 1.29 bits per heavy atom. The van der Waals surface area contributed by atoms with E-state index in [0.29, 0.717) is 21.2 Å². The van der Waals surface area contributed by atoms with E-state index in [-0.39, 0.29) is 5.92 Å². The highest BCUT2D eigenvalue weighted by molar-refractivity contribution is 6.35. The summed E-state index contributed by atoms with van der Waals surface area (Å²) in [6.07, 6.45) is 2.17. The first-order valence-electron chi connectivity index (χ1n) is 7.51. The normalized spacial score (nSPS) is 15.0. The zero-order chi connectivity index (χ0) is 17.9. The summed E-state index contributed by atoms with van der Waals surface area (Å²) in [5, 5.41) is 12.3. The summed E-state index contributed by atoms with van der Waals surface area (Å²) >= 11 is 12.3. The second-order valence-electron chi connectivity index (χ2n) is 5.88. The maximum atomic E-state index is 11.7. The minimum Gasteiger partial charge on any atom is -0.454 e. The Morgan fingerprint density at radius 3 is 2.50 bits per heavy atom. The van der Waals surface area contributed by atoms with Crippen LogP contribution in [0.25, 0.3) is 0 Å². The Bertz CT molecular complexity index is 721. The van der Waals surface area contributed by atoms with Crippen LogP contribution in [0, 0.1) is 5.92 Å². The standard InChI is InChI=1S/C18H19Cl2NO3/c1-11(2)18(23,13-5-4-8-21-10-13)17(24-12(3)22)15-7-6-14(19)9-16(15)20/h4-11,17,23H,1-3H3. The molecular weight excluding hydrogens is 349 g/mol. The minimum atomic E-state index is -1.50. The number of aromatic nitrogens is 1. The van der Waals surface area contributed by atoms with Crippen molar-refractivity contribution in [3.8, 4) is 0 Å². The van der Waals surface area contributed by atoms with Crippen LogP contribution in [0.2, 0.25) is 10.0 Å². The molecule has 0 spiro atoms. The Kier molecular flexibility index (Phi) is 5.86. The molecule has 1 N–H and O–H groups in total. The molecule has 0 bridgehead atoms. The molecule has 0 saturated heterocycles. The van der Waals surface area contributed by atoms with Gasteiger partial charge < -0.3 is 9.84 Å². The van der Waals surface area contributed by atoms with Gasteiger partial charge in [0.2, 0.25) is 0 Å². The van der Waals surface area contributed by atoms with Gasteiger partial charge in [-0.05, 0) is 24.1 Å². The number of hydrogen-bond donors (Lipinski definition) is 1. The van der Waals surface area contributed by atoms with Gasteiger partial charge in [0.1, 0.15) is 5.60 Å². The Morgan fingerprint density at radius 2 is 2.00 bits per heavy atom. The second-order valence-corrected chi connectivity index (χ2v) is 6.72. The topological polar surface area (TPSA) is 59.4 Å². The molecule has 0 saturated carbocycles. The van der Waals surface area contributed by atoms with Crippen LogP contribution < -0.4 is 0 Å². The quantitative estimate of drug-likeness (QED) is 0.788. The third kappa shape index (κ3) is 3.72. The van der Waals surface area contributed by atoms with E-state index in [1.54, 1.807) is 42.7 Å². The lowest BCUT2D eigenvalue weighted by atomic mass is 9.77. The smallest absolute Gasteiger partial charge is 0.303 e. The number of aliphatic hydroxyl groups is 1. The maximum absolute atomic E-state index is 11.7. The highest BCUT2D eigenvalue weighted by Gasteiger charge is 2.45. The number of hydrogen-bond acceptors (Lipinski definition) is 4. The van der Waals surface area contributed by atoms with E-state index >= 15 is 0 Å². The molecule has 128 valence electrons. The fourth-order valence-corrected chi connectivity index (χ4v) is 3.17. The molecule has 0 fully saturated rings. The molecule has 0 aliphatic rings. The molecule has 2 aromatic rings. The first-order chi connectivity index (χ1) is 11.3. The molecule has 0 radical (unpaired) electrons. The molecule has 4 nitrogen and oxygen atoms in total. The van der Waals surface area contributed by atoms with Crippen LogP contribution in [0.3, 0.4) is 0 Å². The number of nitrogens with zero attached hydrogens (tertiary/aromatic N) is 1. The van der Waals surface area contributed by atoms with Crippen molar-refractivity contribution in [3.63, 3.8) is 0 Å². The predicted molar refractivity (Wildman–Crippen MR) is 93.9 cm³/mol. The summed E-state index contributed by atoms with van der Waals surface area (Å²) in [5.74, 6) is -0.799. The number of pyridine rings is 1. The summed E-state index contributed by atoms with van der Waals surface area (Å²) in [4.78, 5) is 15.8. The third-order valence-corrected chi connectivity index (χ3v) is 4.50. The van der Waals surface area contributed by atoms with Gasteiger partial charge in [0.15, 0.2) is 6.10 Å². The number of halogens is 2. The highest BCUT2D eigenvalue weighted by atomic mass is 35.5. The van der Waals surface area contributed by atoms with Crippen LogP contribution in [0.1, 0.15) is 38.0 Å². The van der Waals surface area contributed by atoms with E-state index in [2.05, 4.69) is 4.98 Å². The zero-order valence-corrected chi connectivity index (χ0v) is 15.2. The van der Waals surface area contributed by atoms with Crippen molar-refractivity contribution in [3.05, 3.63) is 63.9 Å². The molecule has 24 heavy (non-hydrogen) atoms. The van der Waals surface area contributed by atoms with Crippen LogP contribution in [0.5, 0.6) is 0 Å². The van der Waals surface area contributed by atoms with Crippen molar-refractivity contribution in [1.82, 2.24) is 4.98 Å². The highest BCUT2D eigenvalue weighted by Crippen LogP contribution is 2.45. The number of esters is 1. The van der Waals surface area contributed by atoms with Gasteiger partial charge in [0.05, 0.1) is 0 Å². The molecule has 6 heteroatoms. The molecule has 0 aliphatic heterocycles. The van der Waals surface area contributed by atoms with Gasteiger partial charge in [-0.2, -0.15) is 0 Å². The van der Waals surface area contributed by atoms with Crippen molar-refractivity contribution < 1.29 is 14.6 Å². The van der Waals surface area contributed by atoms with E-state index in [9.17, 15) is 9.90 Å². The molecule has 2 unspecified atom stereocenters. The summed E-state index contributed by atoms with van der Waals surface area (Å²) in [7, 11) is 0. The summed E-state index contributed by atoms with van der Waals surface area (Å²) in [5.41, 5.74) is -0.481. The van der Waals surface area contributed by atoms with Gasteiger partial charge >= 0.3 is 5.97 Å². The van der Waals surface area contributed by atoms with Crippen LogP contribution in [-0.2, 0) is 15.1 Å². The van der Waals surface area contributed by atoms with E-state index < -0.39 is 17.7 Å². The predicted octanol–water partition coefficient (Wildman–Crippen LogP) is 4.54. The largest absolute Gasteiger partial charge is 0.454 e. The zero-order valence-electron chi connectivity index (χ0n) is 13.7. The van der Waals surface area contributed by atoms with E-state index in [4.69, 9.17) is 27.9 Å². The van der Waals surface area contributed by atoms with Crippen LogP contribution in [0.4, 0.5) is 0 Å². The molecule has 1 heterocycles. The minimum absolute atomic E-state index is 0.280. The second kappa shape index (κ2) is 7.51. The number of ether oxygens (including phenoxy) is 1. The number of carbonyl (C=O) groups excluding carboxylic acids is 1. The molecule has 1 aromatic carbocycles. The third-order valence-electron chi connectivity index (χ3n) is 3.93. The summed E-state index contributed by atoms with van der Waals surface area (Å²) < 4.78 is 5.49. The van der Waals surface area contributed by atoms with Crippen LogP contribution in [-0.4, -0.2) is 16.1 Å². The molecule has 0 aliphatic carbocycles. The lowest BCUT2D eigenvalue weighted by Gasteiger charge is -2.39. The van der Waals surface area contributed by atoms with Gasteiger partial charge in [-0.25, -0.2) is 0 Å². The maximum Gasteiger partial charge on any atom is 0.303 e. The molecule has 2 atom stereocenters. The first-order valence-corrected chi connectivity index (χ1v) is 8.27. The number of carbonyl (C=O) groups is 1. The van der Waals surface area contributed by atoms with Gasteiger partial charge in [0.25, 0.3) is 0 Å². The summed E-state index contributed by atoms with van der Waals surface area (Å²) in [6, 6.07) is 8.31. The Labute approximate surface area is 151 Å². The molecule has 2 rings (SSSR count). The van der Waals surface area contributed by atoms with Gasteiger partial charge in [-0.15, -0.1) is 0 Å². The lowest BCUT2D eigenvalue weighted by molar-refractivity contribution is -0.174.